The molecule has 9 nitrogen and oxygen atoms in total. The molecule has 1 atom stereocenters. The molecule has 2 amide bonds. The van der Waals surface area contributed by atoms with E-state index in [0.29, 0.717) is 12.5 Å². The van der Waals surface area contributed by atoms with Gasteiger partial charge in [-0.05, 0) is 50.6 Å². The summed E-state index contributed by atoms with van der Waals surface area (Å²) in [7, 11) is 0. The van der Waals surface area contributed by atoms with E-state index < -0.39 is 11.5 Å². The van der Waals surface area contributed by atoms with E-state index in [4.69, 9.17) is 4.74 Å². The highest BCUT2D eigenvalue weighted by atomic mass is 16.5. The molecule has 29 heavy (non-hydrogen) atoms. The molecular formula is C20H29N5O4. The molecule has 0 radical (unpaired) electrons. The van der Waals surface area contributed by atoms with Crippen molar-refractivity contribution in [2.75, 3.05) is 45.9 Å². The number of hydrogen-bond donors (Lipinski definition) is 2. The minimum Gasteiger partial charge on any atom is -0.365 e. The lowest BCUT2D eigenvalue weighted by Gasteiger charge is -2.38. The Hall–Kier alpha value is -2.26. The van der Waals surface area contributed by atoms with Crippen molar-refractivity contribution in [3.8, 4) is 0 Å². The first-order valence-corrected chi connectivity index (χ1v) is 10.5. The molecule has 0 aromatic carbocycles. The Bertz CT molecular complexity index is 785. The minimum atomic E-state index is -0.491. The number of hydrogen-bond acceptors (Lipinski definition) is 6. The summed E-state index contributed by atoms with van der Waals surface area (Å²) in [5.74, 6) is 0.966. The molecule has 1 aromatic rings. The van der Waals surface area contributed by atoms with E-state index >= 15 is 0 Å². The van der Waals surface area contributed by atoms with Crippen LogP contribution in [0.2, 0.25) is 0 Å². The second-order valence-electron chi connectivity index (χ2n) is 8.42. The molecule has 1 saturated carbocycles. The molecule has 0 bridgehead atoms. The van der Waals surface area contributed by atoms with E-state index in [9.17, 15) is 14.4 Å². The molecule has 4 rings (SSSR count). The Balaban J connectivity index is 1.23. The Morgan fingerprint density at radius 2 is 1.93 bits per heavy atom. The van der Waals surface area contributed by atoms with Crippen LogP contribution in [0.15, 0.2) is 17.3 Å². The Labute approximate surface area is 169 Å². The van der Waals surface area contributed by atoms with E-state index in [1.807, 2.05) is 4.90 Å². The second kappa shape index (κ2) is 9.04. The van der Waals surface area contributed by atoms with Crippen LogP contribution in [0, 0.1) is 11.8 Å². The first-order chi connectivity index (χ1) is 14.1. The van der Waals surface area contributed by atoms with Crippen molar-refractivity contribution >= 4 is 11.8 Å². The highest BCUT2D eigenvalue weighted by molar-refractivity contribution is 5.93. The molecule has 3 heterocycles. The number of morpholine rings is 1. The predicted octanol–water partition coefficient (Wildman–Crippen LogP) is -0.151. The van der Waals surface area contributed by atoms with Crippen LogP contribution in [-0.4, -0.2) is 83.6 Å². The molecule has 3 aliphatic rings. The van der Waals surface area contributed by atoms with Gasteiger partial charge in [0, 0.05) is 32.4 Å². The summed E-state index contributed by atoms with van der Waals surface area (Å²) in [5.41, 5.74) is -0.513. The summed E-state index contributed by atoms with van der Waals surface area (Å²) >= 11 is 0. The number of aromatic amines is 1. The maximum absolute atomic E-state index is 12.3. The number of likely N-dealkylation sites (tertiary alicyclic amines) is 1. The molecule has 1 aromatic heterocycles. The monoisotopic (exact) mass is 403 g/mol. The zero-order valence-electron chi connectivity index (χ0n) is 16.6. The first kappa shape index (κ1) is 20.0. The highest BCUT2D eigenvalue weighted by Gasteiger charge is 2.31. The van der Waals surface area contributed by atoms with E-state index in [1.165, 1.54) is 31.9 Å². The van der Waals surface area contributed by atoms with Crippen molar-refractivity contribution in [1.29, 1.82) is 0 Å². The normalized spacial score (nSPS) is 23.9. The number of rotatable bonds is 7. The zero-order valence-corrected chi connectivity index (χ0v) is 16.6. The number of nitrogens with one attached hydrogen (secondary N) is 2. The molecule has 158 valence electrons. The Kier molecular flexibility index (Phi) is 6.25. The van der Waals surface area contributed by atoms with Gasteiger partial charge in [-0.3, -0.25) is 14.4 Å². The minimum absolute atomic E-state index is 0.0108. The quantitative estimate of drug-likeness (QED) is 0.656. The second-order valence-corrected chi connectivity index (χ2v) is 8.42. The number of piperidine rings is 1. The molecule has 3 fully saturated rings. The fraction of sp³-hybridized carbons (Fsp3) is 0.700. The average Bonchev–Trinajstić information content (AvgIpc) is 3.54. The summed E-state index contributed by atoms with van der Waals surface area (Å²) in [6.07, 6.45) is 7.22. The van der Waals surface area contributed by atoms with Crippen LogP contribution in [0.4, 0.5) is 0 Å². The van der Waals surface area contributed by atoms with Crippen molar-refractivity contribution in [3.05, 3.63) is 28.4 Å². The summed E-state index contributed by atoms with van der Waals surface area (Å²) in [6.45, 7) is 4.99. The van der Waals surface area contributed by atoms with Gasteiger partial charge in [0.1, 0.15) is 12.2 Å². The highest BCUT2D eigenvalue weighted by Crippen LogP contribution is 2.31. The third kappa shape index (κ3) is 5.42. The third-order valence-corrected chi connectivity index (χ3v) is 6.07. The maximum atomic E-state index is 12.3. The van der Waals surface area contributed by atoms with Crippen molar-refractivity contribution in [2.45, 2.75) is 31.8 Å². The van der Waals surface area contributed by atoms with Gasteiger partial charge >= 0.3 is 0 Å². The number of carbonyl (C=O) groups excluding carboxylic acids is 2. The van der Waals surface area contributed by atoms with Gasteiger partial charge in [-0.2, -0.15) is 0 Å². The van der Waals surface area contributed by atoms with Crippen LogP contribution in [0.1, 0.15) is 36.0 Å². The summed E-state index contributed by atoms with van der Waals surface area (Å²) < 4.78 is 5.58. The SMILES string of the molecule is O=C(NC[C@@H]1CN(CC2CCN(CC3CC3)CC2)C(=O)CO1)c1cnc[nH]c1=O. The molecule has 0 spiro atoms. The van der Waals surface area contributed by atoms with Crippen molar-refractivity contribution < 1.29 is 14.3 Å². The molecule has 1 aliphatic carbocycles. The fourth-order valence-electron chi connectivity index (χ4n) is 4.12. The van der Waals surface area contributed by atoms with Crippen molar-refractivity contribution in [1.82, 2.24) is 25.1 Å². The number of H-pyrrole nitrogens is 1. The number of aromatic nitrogens is 2. The molecule has 9 heteroatoms. The van der Waals surface area contributed by atoms with Gasteiger partial charge in [-0.1, -0.05) is 0 Å². The van der Waals surface area contributed by atoms with Gasteiger partial charge < -0.3 is 24.8 Å². The van der Waals surface area contributed by atoms with E-state index in [0.717, 1.165) is 38.4 Å². The largest absolute Gasteiger partial charge is 0.365 e. The molecular weight excluding hydrogens is 374 g/mol. The maximum Gasteiger partial charge on any atom is 0.263 e. The molecule has 2 aliphatic heterocycles. The van der Waals surface area contributed by atoms with Gasteiger partial charge in [0.05, 0.1) is 12.4 Å². The molecule has 2 saturated heterocycles. The van der Waals surface area contributed by atoms with Gasteiger partial charge in [0.15, 0.2) is 0 Å². The predicted molar refractivity (Wildman–Crippen MR) is 105 cm³/mol. The van der Waals surface area contributed by atoms with Crippen molar-refractivity contribution in [2.24, 2.45) is 11.8 Å². The molecule has 2 N–H and O–H groups in total. The number of amides is 2. The number of ether oxygens (including phenoxy) is 1. The van der Waals surface area contributed by atoms with Crippen molar-refractivity contribution in [3.63, 3.8) is 0 Å². The fourth-order valence-corrected chi connectivity index (χ4v) is 4.12. The average molecular weight is 403 g/mol. The van der Waals surface area contributed by atoms with Gasteiger partial charge in [0.2, 0.25) is 5.91 Å². The van der Waals surface area contributed by atoms with E-state index in [-0.39, 0.29) is 30.7 Å². The number of nitrogens with zero attached hydrogens (tertiary/aromatic N) is 3. The summed E-state index contributed by atoms with van der Waals surface area (Å²) in [6, 6.07) is 0. The standard InChI is InChI=1S/C20H29N5O4/c26-18-12-29-16(7-22-19(27)17-8-21-13-23-20(17)28)11-25(18)10-15-3-5-24(6-4-15)9-14-1-2-14/h8,13-16H,1-7,9-12H2,(H,22,27)(H,21,23,28)/t16-/m1/s1. The Morgan fingerprint density at radius 3 is 2.66 bits per heavy atom. The lowest BCUT2D eigenvalue weighted by molar-refractivity contribution is -0.149. The van der Waals surface area contributed by atoms with Gasteiger partial charge in [-0.15, -0.1) is 0 Å². The van der Waals surface area contributed by atoms with E-state index in [2.05, 4.69) is 20.2 Å². The Morgan fingerprint density at radius 1 is 1.17 bits per heavy atom. The summed E-state index contributed by atoms with van der Waals surface area (Å²) in [5, 5.41) is 2.71. The molecule has 0 unspecified atom stereocenters. The van der Waals surface area contributed by atoms with Gasteiger partial charge in [0.25, 0.3) is 11.5 Å². The van der Waals surface area contributed by atoms with Crippen LogP contribution in [0.5, 0.6) is 0 Å². The van der Waals surface area contributed by atoms with E-state index in [1.54, 1.807) is 0 Å². The lowest BCUT2D eigenvalue weighted by Crippen LogP contribution is -2.52. The van der Waals surface area contributed by atoms with Crippen LogP contribution in [0.25, 0.3) is 0 Å². The first-order valence-electron chi connectivity index (χ1n) is 10.5. The topological polar surface area (TPSA) is 108 Å². The zero-order chi connectivity index (χ0) is 20.2. The van der Waals surface area contributed by atoms with Gasteiger partial charge in [-0.25, -0.2) is 4.98 Å². The van der Waals surface area contributed by atoms with Crippen LogP contribution in [0.3, 0.4) is 0 Å². The third-order valence-electron chi connectivity index (χ3n) is 6.07. The van der Waals surface area contributed by atoms with Crippen LogP contribution in [-0.2, 0) is 9.53 Å². The van der Waals surface area contributed by atoms with Crippen LogP contribution >= 0.6 is 0 Å². The number of carbonyl (C=O) groups is 2. The summed E-state index contributed by atoms with van der Waals surface area (Å²) in [4.78, 5) is 46.7. The lowest BCUT2D eigenvalue weighted by atomic mass is 9.95. The smallest absolute Gasteiger partial charge is 0.263 e. The van der Waals surface area contributed by atoms with Crippen LogP contribution < -0.4 is 10.9 Å².